The molecule has 0 unspecified atom stereocenters. The van der Waals surface area contributed by atoms with Crippen LogP contribution in [0.25, 0.3) is 0 Å². The number of aromatic amines is 1. The molecule has 0 atom stereocenters. The molecule has 2 aromatic carbocycles. The molecule has 156 valence electrons. The first kappa shape index (κ1) is 19.8. The van der Waals surface area contributed by atoms with Gasteiger partial charge < -0.3 is 19.9 Å². The van der Waals surface area contributed by atoms with E-state index in [1.807, 2.05) is 30.3 Å². The highest BCUT2D eigenvalue weighted by Crippen LogP contribution is 2.26. The quantitative estimate of drug-likeness (QED) is 0.493. The van der Waals surface area contributed by atoms with E-state index in [1.165, 1.54) is 17.5 Å². The van der Waals surface area contributed by atoms with E-state index in [0.29, 0.717) is 19.4 Å². The second kappa shape index (κ2) is 8.90. The van der Waals surface area contributed by atoms with Crippen LogP contribution >= 0.6 is 0 Å². The largest absolute Gasteiger partial charge is 0.497 e. The van der Waals surface area contributed by atoms with Crippen molar-refractivity contribution in [1.82, 2.24) is 9.97 Å². The molecule has 0 saturated carbocycles. The number of nitrogens with zero attached hydrogens (tertiary/aromatic N) is 1. The highest BCUT2D eigenvalue weighted by molar-refractivity contribution is 5.57. The fraction of sp³-hybridized carbons (Fsp3) is 0.304. The van der Waals surface area contributed by atoms with Gasteiger partial charge in [0, 0.05) is 5.69 Å². The van der Waals surface area contributed by atoms with Gasteiger partial charge in [-0.1, -0.05) is 6.07 Å². The Morgan fingerprint density at radius 2 is 1.87 bits per heavy atom. The number of hydrogen-bond donors (Lipinski definition) is 3. The first-order chi connectivity index (χ1) is 14.6. The molecule has 7 heteroatoms. The number of methoxy groups -OCH3 is 1. The third kappa shape index (κ3) is 4.56. The molecule has 1 aliphatic rings. The van der Waals surface area contributed by atoms with Crippen molar-refractivity contribution < 1.29 is 14.6 Å². The van der Waals surface area contributed by atoms with Gasteiger partial charge in [-0.25, -0.2) is 0 Å². The number of aryl methyl sites for hydroxylation is 2. The summed E-state index contributed by atoms with van der Waals surface area (Å²) in [4.78, 5) is 19.2. The van der Waals surface area contributed by atoms with Crippen LogP contribution in [0, 0.1) is 0 Å². The van der Waals surface area contributed by atoms with E-state index in [4.69, 9.17) is 9.47 Å². The zero-order valence-corrected chi connectivity index (χ0v) is 16.9. The molecule has 4 rings (SSSR count). The number of benzene rings is 2. The van der Waals surface area contributed by atoms with E-state index in [9.17, 15) is 9.90 Å². The molecule has 1 aromatic heterocycles. The highest BCUT2D eigenvalue weighted by atomic mass is 16.5. The van der Waals surface area contributed by atoms with E-state index in [-0.39, 0.29) is 23.0 Å². The zero-order valence-electron chi connectivity index (χ0n) is 16.9. The summed E-state index contributed by atoms with van der Waals surface area (Å²) in [6.07, 6.45) is 4.29. The number of fused-ring (bicyclic) bond motifs is 1. The second-order valence-electron chi connectivity index (χ2n) is 7.31. The van der Waals surface area contributed by atoms with Crippen LogP contribution in [0.5, 0.6) is 17.4 Å². The van der Waals surface area contributed by atoms with E-state index in [0.717, 1.165) is 30.0 Å². The molecule has 0 aliphatic heterocycles. The molecule has 0 amide bonds. The maximum absolute atomic E-state index is 12.4. The van der Waals surface area contributed by atoms with Gasteiger partial charge in [0.2, 0.25) is 11.8 Å². The molecule has 1 aliphatic carbocycles. The lowest BCUT2D eigenvalue weighted by atomic mass is 10.1. The fourth-order valence-electron chi connectivity index (χ4n) is 3.67. The van der Waals surface area contributed by atoms with Crippen molar-refractivity contribution in [3.63, 3.8) is 0 Å². The number of aromatic hydroxyl groups is 1. The van der Waals surface area contributed by atoms with Crippen LogP contribution in [0.15, 0.2) is 47.3 Å². The molecule has 30 heavy (non-hydrogen) atoms. The van der Waals surface area contributed by atoms with Crippen molar-refractivity contribution in [2.75, 3.05) is 19.0 Å². The smallest absolute Gasteiger partial charge is 0.259 e. The van der Waals surface area contributed by atoms with Crippen LogP contribution in [0.3, 0.4) is 0 Å². The van der Waals surface area contributed by atoms with Gasteiger partial charge >= 0.3 is 0 Å². The molecule has 0 spiro atoms. The maximum atomic E-state index is 12.4. The van der Waals surface area contributed by atoms with Gasteiger partial charge in [-0.3, -0.25) is 9.78 Å². The van der Waals surface area contributed by atoms with Crippen molar-refractivity contribution in [2.24, 2.45) is 0 Å². The summed E-state index contributed by atoms with van der Waals surface area (Å²) in [6, 6.07) is 13.4. The van der Waals surface area contributed by atoms with E-state index < -0.39 is 0 Å². The summed E-state index contributed by atoms with van der Waals surface area (Å²) in [5.74, 6) is 1.46. The van der Waals surface area contributed by atoms with Crippen molar-refractivity contribution in [3.05, 3.63) is 69.5 Å². The van der Waals surface area contributed by atoms with Crippen molar-refractivity contribution in [3.8, 4) is 17.4 Å². The zero-order chi connectivity index (χ0) is 20.9. The predicted molar refractivity (Wildman–Crippen MR) is 115 cm³/mol. The minimum Gasteiger partial charge on any atom is -0.497 e. The molecule has 7 nitrogen and oxygen atoms in total. The first-order valence-electron chi connectivity index (χ1n) is 10.1. The molecule has 0 saturated heterocycles. The number of aromatic nitrogens is 2. The Labute approximate surface area is 174 Å². The second-order valence-corrected chi connectivity index (χ2v) is 7.31. The van der Waals surface area contributed by atoms with E-state index in [1.54, 1.807) is 7.11 Å². The van der Waals surface area contributed by atoms with Crippen LogP contribution in [0.1, 0.15) is 29.5 Å². The summed E-state index contributed by atoms with van der Waals surface area (Å²) >= 11 is 0. The minimum absolute atomic E-state index is 0.230. The Morgan fingerprint density at radius 3 is 2.63 bits per heavy atom. The number of hydrogen-bond acceptors (Lipinski definition) is 6. The average molecular weight is 407 g/mol. The Morgan fingerprint density at radius 1 is 1.10 bits per heavy atom. The third-order valence-corrected chi connectivity index (χ3v) is 5.25. The number of nitrogens with one attached hydrogen (secondary N) is 2. The molecule has 3 aromatic rings. The Kier molecular flexibility index (Phi) is 5.88. The van der Waals surface area contributed by atoms with Gasteiger partial charge in [0.25, 0.3) is 5.56 Å². The normalized spacial score (nSPS) is 12.4. The van der Waals surface area contributed by atoms with Crippen LogP contribution in [0.2, 0.25) is 0 Å². The van der Waals surface area contributed by atoms with Crippen LogP contribution in [-0.4, -0.2) is 28.8 Å². The lowest BCUT2D eigenvalue weighted by molar-refractivity contribution is 0.309. The minimum atomic E-state index is -0.351. The molecule has 3 N–H and O–H groups in total. The van der Waals surface area contributed by atoms with Crippen molar-refractivity contribution >= 4 is 11.6 Å². The average Bonchev–Trinajstić information content (AvgIpc) is 3.21. The third-order valence-electron chi connectivity index (χ3n) is 5.25. The van der Waals surface area contributed by atoms with Gasteiger partial charge in [-0.05, 0) is 79.6 Å². The summed E-state index contributed by atoms with van der Waals surface area (Å²) in [7, 11) is 1.61. The van der Waals surface area contributed by atoms with Crippen LogP contribution < -0.4 is 20.3 Å². The van der Waals surface area contributed by atoms with E-state index in [2.05, 4.69) is 27.4 Å². The SMILES string of the molecule is COc1ccc(OCCCc2c(O)nc(Nc3ccc4c(c3)CCC4)[nH]c2=O)cc1. The van der Waals surface area contributed by atoms with Gasteiger partial charge in [0.15, 0.2) is 0 Å². The Balaban J connectivity index is 1.34. The topological polar surface area (TPSA) is 96.5 Å². The van der Waals surface area contributed by atoms with Crippen molar-refractivity contribution in [1.29, 1.82) is 0 Å². The molecular formula is C23H25N3O4. The molecular weight excluding hydrogens is 382 g/mol. The van der Waals surface area contributed by atoms with Crippen molar-refractivity contribution in [2.45, 2.75) is 32.1 Å². The lowest BCUT2D eigenvalue weighted by Gasteiger charge is -2.10. The highest BCUT2D eigenvalue weighted by Gasteiger charge is 2.13. The van der Waals surface area contributed by atoms with Gasteiger partial charge in [0.05, 0.1) is 19.3 Å². The fourth-order valence-corrected chi connectivity index (χ4v) is 3.67. The summed E-state index contributed by atoms with van der Waals surface area (Å²) in [5.41, 5.74) is 3.44. The predicted octanol–water partition coefficient (Wildman–Crippen LogP) is 3.73. The number of ether oxygens (including phenoxy) is 2. The standard InChI is InChI=1S/C23H25N3O4/c1-29-18-9-11-19(12-10-18)30-13-3-6-20-21(27)25-23(26-22(20)28)24-17-8-7-15-4-2-5-16(15)14-17/h7-12,14H,2-6,13H2,1H3,(H3,24,25,26,27,28). The number of rotatable bonds is 8. The Hall–Kier alpha value is -3.48. The monoisotopic (exact) mass is 407 g/mol. The van der Waals surface area contributed by atoms with Gasteiger partial charge in [-0.2, -0.15) is 4.98 Å². The van der Waals surface area contributed by atoms with Crippen LogP contribution in [0.4, 0.5) is 11.6 Å². The summed E-state index contributed by atoms with van der Waals surface area (Å²) < 4.78 is 10.8. The molecule has 1 heterocycles. The molecule has 0 bridgehead atoms. The summed E-state index contributed by atoms with van der Waals surface area (Å²) in [5, 5.41) is 13.3. The number of H-pyrrole nitrogens is 1. The molecule has 0 radical (unpaired) electrons. The first-order valence-corrected chi connectivity index (χ1v) is 10.1. The van der Waals surface area contributed by atoms with Gasteiger partial charge in [-0.15, -0.1) is 0 Å². The lowest BCUT2D eigenvalue weighted by Crippen LogP contribution is -2.17. The van der Waals surface area contributed by atoms with E-state index >= 15 is 0 Å². The van der Waals surface area contributed by atoms with Gasteiger partial charge in [0.1, 0.15) is 11.5 Å². The Bertz CT molecular complexity index is 1080. The summed E-state index contributed by atoms with van der Waals surface area (Å²) in [6.45, 7) is 0.417. The maximum Gasteiger partial charge on any atom is 0.259 e. The van der Waals surface area contributed by atoms with Crippen LogP contribution in [-0.2, 0) is 19.3 Å². The molecule has 0 fully saturated rings. The number of anilines is 2.